The summed E-state index contributed by atoms with van der Waals surface area (Å²) in [5.41, 5.74) is 5.68. The number of anilines is 1. The first kappa shape index (κ1) is 15.8. The molecule has 1 aromatic rings. The number of carbonyl (C=O) groups is 1. The fraction of sp³-hybridized carbons (Fsp3) is 0.500. The maximum Gasteiger partial charge on any atom is 0.253 e. The number of nitrogens with two attached hydrogens (primary N) is 1. The molecule has 106 valence electrons. The molecule has 0 aromatic heterocycles. The highest BCUT2D eigenvalue weighted by Crippen LogP contribution is 2.29. The average Bonchev–Trinajstić information content (AvgIpc) is 2.44. The summed E-state index contributed by atoms with van der Waals surface area (Å²) in [7, 11) is 0. The third kappa shape index (κ3) is 3.62. The van der Waals surface area contributed by atoms with E-state index in [-0.39, 0.29) is 21.9 Å². The van der Waals surface area contributed by atoms with Crippen LogP contribution in [-0.4, -0.2) is 23.5 Å². The summed E-state index contributed by atoms with van der Waals surface area (Å²) in [6.45, 7) is 4.75. The predicted octanol–water partition coefficient (Wildman–Crippen LogP) is 3.06. The monoisotopic (exact) mass is 284 g/mol. The number of benzene rings is 1. The normalized spacial score (nSPS) is 11.4. The lowest BCUT2D eigenvalue weighted by Crippen LogP contribution is -2.39. The Kier molecular flexibility index (Phi) is 5.66. The number of nitrogen functional groups attached to an aromatic ring is 1. The van der Waals surface area contributed by atoms with Crippen LogP contribution in [0.25, 0.3) is 0 Å². The summed E-state index contributed by atoms with van der Waals surface area (Å²) < 4.78 is 13.3. The number of para-hydroxylation sites is 1. The second kappa shape index (κ2) is 6.80. The van der Waals surface area contributed by atoms with Crippen molar-refractivity contribution in [2.45, 2.75) is 31.4 Å². The molecule has 0 aliphatic heterocycles. The van der Waals surface area contributed by atoms with Crippen LogP contribution in [0.15, 0.2) is 18.2 Å². The van der Waals surface area contributed by atoms with Crippen LogP contribution in [0.5, 0.6) is 0 Å². The van der Waals surface area contributed by atoms with E-state index >= 15 is 0 Å². The molecule has 19 heavy (non-hydrogen) atoms. The Morgan fingerprint density at radius 3 is 2.58 bits per heavy atom. The third-order valence-electron chi connectivity index (χ3n) is 3.59. The Labute approximate surface area is 118 Å². The van der Waals surface area contributed by atoms with Crippen molar-refractivity contribution in [2.75, 3.05) is 18.5 Å². The molecule has 1 aromatic carbocycles. The Morgan fingerprint density at radius 2 is 2.05 bits per heavy atom. The van der Waals surface area contributed by atoms with Crippen LogP contribution < -0.4 is 11.1 Å². The standard InChI is InChI=1S/C14H21FN2OS/c1-4-14(5-2,19-3)9-17-13(18)10-7-6-8-11(15)12(10)16/h6-8H,4-5,9,16H2,1-3H3,(H,17,18). The van der Waals surface area contributed by atoms with Crippen LogP contribution in [0, 0.1) is 5.82 Å². The lowest BCUT2D eigenvalue weighted by molar-refractivity contribution is 0.0949. The van der Waals surface area contributed by atoms with E-state index < -0.39 is 5.82 Å². The maximum absolute atomic E-state index is 13.3. The first-order valence-electron chi connectivity index (χ1n) is 6.37. The Morgan fingerprint density at radius 1 is 1.42 bits per heavy atom. The zero-order valence-corrected chi connectivity index (χ0v) is 12.4. The number of carbonyl (C=O) groups excluding carboxylic acids is 1. The van der Waals surface area contributed by atoms with Crippen LogP contribution in [0.3, 0.4) is 0 Å². The predicted molar refractivity (Wildman–Crippen MR) is 80.0 cm³/mol. The Hall–Kier alpha value is -1.23. The van der Waals surface area contributed by atoms with Crippen molar-refractivity contribution < 1.29 is 9.18 Å². The summed E-state index contributed by atoms with van der Waals surface area (Å²) in [4.78, 5) is 12.0. The van der Waals surface area contributed by atoms with Crippen LogP contribution in [-0.2, 0) is 0 Å². The summed E-state index contributed by atoms with van der Waals surface area (Å²) in [6.07, 6.45) is 3.96. The Bertz CT molecular complexity index is 439. The van der Waals surface area contributed by atoms with Crippen molar-refractivity contribution in [3.8, 4) is 0 Å². The zero-order chi connectivity index (χ0) is 14.5. The van der Waals surface area contributed by atoms with E-state index in [2.05, 4.69) is 19.2 Å². The third-order valence-corrected chi connectivity index (χ3v) is 5.18. The fourth-order valence-corrected chi connectivity index (χ4v) is 2.73. The maximum atomic E-state index is 13.3. The number of rotatable bonds is 6. The molecule has 0 unspecified atom stereocenters. The van der Waals surface area contributed by atoms with Gasteiger partial charge in [-0.25, -0.2) is 4.39 Å². The molecule has 5 heteroatoms. The number of thioether (sulfide) groups is 1. The molecule has 3 nitrogen and oxygen atoms in total. The van der Waals surface area contributed by atoms with Crippen molar-refractivity contribution in [1.82, 2.24) is 5.32 Å². The lowest BCUT2D eigenvalue weighted by atomic mass is 10.0. The second-order valence-corrected chi connectivity index (χ2v) is 5.75. The summed E-state index contributed by atoms with van der Waals surface area (Å²) in [5.74, 6) is -0.882. The van der Waals surface area contributed by atoms with Gasteiger partial charge in [0, 0.05) is 11.3 Å². The molecular formula is C14H21FN2OS. The molecule has 0 fully saturated rings. The molecule has 3 N–H and O–H groups in total. The van der Waals surface area contributed by atoms with E-state index in [4.69, 9.17) is 5.73 Å². The number of hydrogen-bond donors (Lipinski definition) is 2. The highest BCUT2D eigenvalue weighted by molar-refractivity contribution is 8.00. The van der Waals surface area contributed by atoms with Gasteiger partial charge in [-0.3, -0.25) is 4.79 Å². The van der Waals surface area contributed by atoms with E-state index in [1.165, 1.54) is 18.2 Å². The van der Waals surface area contributed by atoms with Crippen molar-refractivity contribution >= 4 is 23.4 Å². The van der Waals surface area contributed by atoms with Crippen molar-refractivity contribution in [3.63, 3.8) is 0 Å². The topological polar surface area (TPSA) is 55.1 Å². The molecule has 0 aliphatic carbocycles. The van der Waals surface area contributed by atoms with Gasteiger partial charge in [0.1, 0.15) is 5.82 Å². The van der Waals surface area contributed by atoms with Gasteiger partial charge in [0.2, 0.25) is 0 Å². The van der Waals surface area contributed by atoms with Crippen molar-refractivity contribution in [2.24, 2.45) is 0 Å². The second-order valence-electron chi connectivity index (χ2n) is 4.48. The van der Waals surface area contributed by atoms with Crippen LogP contribution in [0.4, 0.5) is 10.1 Å². The van der Waals surface area contributed by atoms with E-state index in [0.29, 0.717) is 6.54 Å². The van der Waals surface area contributed by atoms with Crippen LogP contribution in [0.2, 0.25) is 0 Å². The minimum atomic E-state index is -0.560. The van der Waals surface area contributed by atoms with Crippen molar-refractivity contribution in [3.05, 3.63) is 29.6 Å². The van der Waals surface area contributed by atoms with Crippen LogP contribution >= 0.6 is 11.8 Å². The molecule has 0 saturated carbocycles. The molecular weight excluding hydrogens is 263 g/mol. The molecule has 0 bridgehead atoms. The van der Waals surface area contributed by atoms with Gasteiger partial charge in [0.15, 0.2) is 0 Å². The van der Waals surface area contributed by atoms with E-state index in [1.54, 1.807) is 11.8 Å². The fourth-order valence-electron chi connectivity index (χ4n) is 1.93. The van der Waals surface area contributed by atoms with E-state index in [1.807, 2.05) is 6.26 Å². The average molecular weight is 284 g/mol. The Balaban J connectivity index is 2.78. The quantitative estimate of drug-likeness (QED) is 0.789. The van der Waals surface area contributed by atoms with E-state index in [0.717, 1.165) is 12.8 Å². The molecule has 1 amide bonds. The van der Waals surface area contributed by atoms with Gasteiger partial charge in [0.05, 0.1) is 11.3 Å². The SMILES string of the molecule is CCC(CC)(CNC(=O)c1cccc(F)c1N)SC. The highest BCUT2D eigenvalue weighted by atomic mass is 32.2. The summed E-state index contributed by atoms with van der Waals surface area (Å²) >= 11 is 1.74. The molecule has 0 heterocycles. The zero-order valence-electron chi connectivity index (χ0n) is 11.6. The highest BCUT2D eigenvalue weighted by Gasteiger charge is 2.26. The van der Waals surface area contributed by atoms with Crippen LogP contribution in [0.1, 0.15) is 37.0 Å². The van der Waals surface area contributed by atoms with Gasteiger partial charge in [0.25, 0.3) is 5.91 Å². The molecule has 0 aliphatic rings. The molecule has 0 saturated heterocycles. The largest absolute Gasteiger partial charge is 0.396 e. The smallest absolute Gasteiger partial charge is 0.253 e. The van der Waals surface area contributed by atoms with Gasteiger partial charge in [-0.05, 0) is 31.2 Å². The minimum Gasteiger partial charge on any atom is -0.396 e. The lowest BCUT2D eigenvalue weighted by Gasteiger charge is -2.29. The number of amides is 1. The van der Waals surface area contributed by atoms with Gasteiger partial charge < -0.3 is 11.1 Å². The first-order chi connectivity index (χ1) is 8.99. The van der Waals surface area contributed by atoms with Crippen molar-refractivity contribution in [1.29, 1.82) is 0 Å². The molecule has 0 spiro atoms. The van der Waals surface area contributed by atoms with Gasteiger partial charge >= 0.3 is 0 Å². The molecule has 0 atom stereocenters. The number of hydrogen-bond acceptors (Lipinski definition) is 3. The molecule has 0 radical (unpaired) electrons. The minimum absolute atomic E-state index is 0.0255. The van der Waals surface area contributed by atoms with Gasteiger partial charge in [-0.2, -0.15) is 11.8 Å². The number of nitrogens with one attached hydrogen (secondary N) is 1. The van der Waals surface area contributed by atoms with Gasteiger partial charge in [-0.15, -0.1) is 0 Å². The summed E-state index contributed by atoms with van der Waals surface area (Å²) in [6, 6.07) is 4.27. The number of halogens is 1. The summed E-state index contributed by atoms with van der Waals surface area (Å²) in [5, 5.41) is 2.85. The first-order valence-corrected chi connectivity index (χ1v) is 7.59. The van der Waals surface area contributed by atoms with E-state index in [9.17, 15) is 9.18 Å². The molecule has 1 rings (SSSR count). The van der Waals surface area contributed by atoms with Gasteiger partial charge in [-0.1, -0.05) is 19.9 Å².